The molecule has 1 aliphatic rings. The molecule has 0 saturated heterocycles. The maximum atomic E-state index is 13.1. The largest absolute Gasteiger partial charge is 0.503 e. The Labute approximate surface area is 164 Å². The summed E-state index contributed by atoms with van der Waals surface area (Å²) < 4.78 is 5.17. The van der Waals surface area contributed by atoms with Crippen LogP contribution in [-0.4, -0.2) is 33.8 Å². The van der Waals surface area contributed by atoms with Gasteiger partial charge in [0.05, 0.1) is 18.7 Å². The Morgan fingerprint density at radius 1 is 1.14 bits per heavy atom. The summed E-state index contributed by atoms with van der Waals surface area (Å²) >= 11 is 0. The number of aliphatic hydroxyl groups is 1. The molecule has 0 bridgehead atoms. The van der Waals surface area contributed by atoms with Crippen molar-refractivity contribution in [3.05, 3.63) is 71.3 Å². The summed E-state index contributed by atoms with van der Waals surface area (Å²) in [6.07, 6.45) is 3.22. The van der Waals surface area contributed by atoms with Gasteiger partial charge < -0.3 is 14.7 Å². The van der Waals surface area contributed by atoms with Gasteiger partial charge in [0.2, 0.25) is 0 Å². The molecule has 0 fully saturated rings. The summed E-state index contributed by atoms with van der Waals surface area (Å²) in [4.78, 5) is 31.5. The summed E-state index contributed by atoms with van der Waals surface area (Å²) in [5, 5.41) is 10.6. The van der Waals surface area contributed by atoms with Crippen molar-refractivity contribution in [1.29, 1.82) is 0 Å². The molecule has 6 nitrogen and oxygen atoms in total. The third kappa shape index (κ3) is 3.63. The first-order chi connectivity index (χ1) is 13.2. The third-order valence-corrected chi connectivity index (χ3v) is 4.76. The highest BCUT2D eigenvalue weighted by Crippen LogP contribution is 2.41. The van der Waals surface area contributed by atoms with E-state index in [1.165, 1.54) is 4.90 Å². The Kier molecular flexibility index (Phi) is 5.23. The minimum atomic E-state index is -0.731. The highest BCUT2D eigenvalue weighted by molar-refractivity contribution is 6.10. The molecule has 6 heteroatoms. The molecule has 1 unspecified atom stereocenters. The van der Waals surface area contributed by atoms with Gasteiger partial charge in [-0.05, 0) is 35.4 Å². The molecule has 0 saturated carbocycles. The van der Waals surface area contributed by atoms with E-state index in [1.807, 2.05) is 24.3 Å². The Bertz CT molecular complexity index is 912. The molecule has 0 spiro atoms. The minimum Gasteiger partial charge on any atom is -0.503 e. The highest BCUT2D eigenvalue weighted by Gasteiger charge is 2.45. The zero-order valence-electron chi connectivity index (χ0n) is 16.5. The average molecular weight is 380 g/mol. The number of aliphatic hydroxyl groups excluding tert-OH is 1. The van der Waals surface area contributed by atoms with E-state index in [-0.39, 0.29) is 17.9 Å². The number of hydrogen-bond donors (Lipinski definition) is 1. The maximum absolute atomic E-state index is 13.1. The number of pyridine rings is 1. The Morgan fingerprint density at radius 3 is 2.29 bits per heavy atom. The standard InChI is InChI=1S/C22H24N2O4/c1-22(2,3)20(26)17-18(15-9-11-23-12-10-15)24(21(27)19(17)25)13-14-5-7-16(28-4)8-6-14/h5-12,18,25H,13H2,1-4H3. The molecule has 28 heavy (non-hydrogen) atoms. The quantitative estimate of drug-likeness (QED) is 0.857. The van der Waals surface area contributed by atoms with Crippen molar-refractivity contribution in [1.82, 2.24) is 9.88 Å². The van der Waals surface area contributed by atoms with Crippen LogP contribution in [0.25, 0.3) is 0 Å². The second kappa shape index (κ2) is 7.46. The van der Waals surface area contributed by atoms with E-state index >= 15 is 0 Å². The van der Waals surface area contributed by atoms with Crippen molar-refractivity contribution < 1.29 is 19.4 Å². The molecule has 146 valence electrons. The molecule has 3 rings (SSSR count). The lowest BCUT2D eigenvalue weighted by molar-refractivity contribution is -0.130. The summed E-state index contributed by atoms with van der Waals surface area (Å²) in [5.74, 6) is -0.565. The SMILES string of the molecule is COc1ccc(CN2C(=O)C(O)=C(C(=O)C(C)(C)C)C2c2ccncc2)cc1. The topological polar surface area (TPSA) is 79.7 Å². The van der Waals surface area contributed by atoms with Crippen LogP contribution in [0.1, 0.15) is 37.9 Å². The van der Waals surface area contributed by atoms with Gasteiger partial charge >= 0.3 is 0 Å². The van der Waals surface area contributed by atoms with Crippen LogP contribution in [0.4, 0.5) is 0 Å². The van der Waals surface area contributed by atoms with Crippen molar-refractivity contribution in [2.45, 2.75) is 33.4 Å². The molecule has 1 aliphatic heterocycles. The summed E-state index contributed by atoms with van der Waals surface area (Å²) in [5.41, 5.74) is 1.00. The molecular weight excluding hydrogens is 356 g/mol. The van der Waals surface area contributed by atoms with Gasteiger partial charge in [0.15, 0.2) is 11.5 Å². The molecule has 0 aliphatic carbocycles. The summed E-state index contributed by atoms with van der Waals surface area (Å²) in [7, 11) is 1.59. The van der Waals surface area contributed by atoms with Crippen molar-refractivity contribution in [2.75, 3.05) is 7.11 Å². The van der Waals surface area contributed by atoms with Crippen molar-refractivity contribution in [2.24, 2.45) is 5.41 Å². The maximum Gasteiger partial charge on any atom is 0.290 e. The van der Waals surface area contributed by atoms with E-state index in [1.54, 1.807) is 52.4 Å². The van der Waals surface area contributed by atoms with Crippen LogP contribution in [0.2, 0.25) is 0 Å². The molecule has 0 radical (unpaired) electrons. The lowest BCUT2D eigenvalue weighted by Gasteiger charge is -2.29. The first-order valence-corrected chi connectivity index (χ1v) is 9.05. The van der Waals surface area contributed by atoms with E-state index in [4.69, 9.17) is 4.74 Å². The number of hydrogen-bond acceptors (Lipinski definition) is 5. The monoisotopic (exact) mass is 380 g/mol. The van der Waals surface area contributed by atoms with Crippen molar-refractivity contribution in [3.8, 4) is 5.75 Å². The lowest BCUT2D eigenvalue weighted by atomic mass is 9.82. The third-order valence-electron chi connectivity index (χ3n) is 4.76. The molecule has 1 aromatic heterocycles. The van der Waals surface area contributed by atoms with Gasteiger partial charge in [-0.3, -0.25) is 14.6 Å². The van der Waals surface area contributed by atoms with Crippen LogP contribution in [0, 0.1) is 5.41 Å². The van der Waals surface area contributed by atoms with E-state index in [2.05, 4.69) is 4.98 Å². The predicted octanol–water partition coefficient (Wildman–Crippen LogP) is 3.60. The summed E-state index contributed by atoms with van der Waals surface area (Å²) in [6.45, 7) is 5.57. The minimum absolute atomic E-state index is 0.136. The molecule has 1 N–H and O–H groups in total. The van der Waals surface area contributed by atoms with Gasteiger partial charge in [-0.15, -0.1) is 0 Å². The van der Waals surface area contributed by atoms with Crippen LogP contribution < -0.4 is 4.74 Å². The number of ketones is 1. The zero-order chi connectivity index (χ0) is 20.5. The lowest BCUT2D eigenvalue weighted by Crippen LogP contribution is -2.32. The Hall–Kier alpha value is -3.15. The van der Waals surface area contributed by atoms with E-state index in [0.29, 0.717) is 5.75 Å². The molecule has 2 aromatic rings. The van der Waals surface area contributed by atoms with Gasteiger partial charge in [0.25, 0.3) is 5.91 Å². The van der Waals surface area contributed by atoms with E-state index in [0.717, 1.165) is 11.1 Å². The van der Waals surface area contributed by atoms with Crippen LogP contribution in [0.5, 0.6) is 5.75 Å². The zero-order valence-corrected chi connectivity index (χ0v) is 16.5. The number of methoxy groups -OCH3 is 1. The van der Waals surface area contributed by atoms with E-state index < -0.39 is 23.1 Å². The van der Waals surface area contributed by atoms with Crippen molar-refractivity contribution in [3.63, 3.8) is 0 Å². The fraction of sp³-hybridized carbons (Fsp3) is 0.318. The smallest absolute Gasteiger partial charge is 0.290 e. The number of amides is 1. The number of Topliss-reactive ketones (excluding diaryl/α,β-unsaturated/α-hetero) is 1. The molecule has 2 heterocycles. The van der Waals surface area contributed by atoms with Crippen LogP contribution in [0.3, 0.4) is 0 Å². The highest BCUT2D eigenvalue weighted by atomic mass is 16.5. The van der Waals surface area contributed by atoms with Crippen molar-refractivity contribution >= 4 is 11.7 Å². The second-order valence-corrected chi connectivity index (χ2v) is 7.81. The molecule has 1 amide bonds. The Morgan fingerprint density at radius 2 is 1.75 bits per heavy atom. The van der Waals surface area contributed by atoms with Gasteiger partial charge in [-0.1, -0.05) is 32.9 Å². The molecule has 1 aromatic carbocycles. The first kappa shape index (κ1) is 19.6. The molecule has 1 atom stereocenters. The van der Waals surface area contributed by atoms with Crippen LogP contribution >= 0.6 is 0 Å². The fourth-order valence-corrected chi connectivity index (χ4v) is 3.27. The number of ether oxygens (including phenoxy) is 1. The number of benzene rings is 1. The number of rotatable bonds is 5. The number of carbonyl (C=O) groups excluding carboxylic acids is 2. The van der Waals surface area contributed by atoms with Gasteiger partial charge in [0.1, 0.15) is 5.75 Å². The molecular formula is C22H24N2O4. The Balaban J connectivity index is 2.04. The van der Waals surface area contributed by atoms with E-state index in [9.17, 15) is 14.7 Å². The van der Waals surface area contributed by atoms with Gasteiger partial charge in [-0.2, -0.15) is 0 Å². The normalized spacial score (nSPS) is 17.2. The number of carbonyl (C=O) groups is 2. The number of nitrogens with zero attached hydrogens (tertiary/aromatic N) is 2. The van der Waals surface area contributed by atoms with Crippen LogP contribution in [-0.2, 0) is 16.1 Å². The van der Waals surface area contributed by atoms with Crippen LogP contribution in [0.15, 0.2) is 60.1 Å². The average Bonchev–Trinajstić information content (AvgIpc) is 2.92. The summed E-state index contributed by atoms with van der Waals surface area (Å²) in [6, 6.07) is 10.2. The number of aromatic nitrogens is 1. The fourth-order valence-electron chi connectivity index (χ4n) is 3.27. The predicted molar refractivity (Wildman–Crippen MR) is 105 cm³/mol. The van der Waals surface area contributed by atoms with Gasteiger partial charge in [0, 0.05) is 24.4 Å². The first-order valence-electron chi connectivity index (χ1n) is 9.05. The van der Waals surface area contributed by atoms with Gasteiger partial charge in [-0.25, -0.2) is 0 Å². The second-order valence-electron chi connectivity index (χ2n) is 7.81.